The normalized spacial score (nSPS) is 20.8. The van der Waals surface area contributed by atoms with E-state index in [0.717, 1.165) is 18.7 Å². The second-order valence-electron chi connectivity index (χ2n) is 9.34. The number of piperidine rings is 1. The molecule has 1 N–H and O–H groups in total. The summed E-state index contributed by atoms with van der Waals surface area (Å²) in [6.45, 7) is 3.31. The first-order valence-corrected chi connectivity index (χ1v) is 14.1. The summed E-state index contributed by atoms with van der Waals surface area (Å²) in [5.74, 6) is -0.286. The number of hydrogen-bond donors (Lipinski definition) is 1. The number of imidazole rings is 1. The molecule has 2 saturated heterocycles. The number of benzene rings is 2. The van der Waals surface area contributed by atoms with Crippen molar-refractivity contribution in [2.45, 2.75) is 23.9 Å². The number of nitrogens with zero attached hydrogens (tertiary/aromatic N) is 4. The monoisotopic (exact) mass is 527 g/mol. The molecule has 2 aromatic carbocycles. The summed E-state index contributed by atoms with van der Waals surface area (Å²) in [5.41, 5.74) is 2.36. The fourth-order valence-corrected chi connectivity index (χ4v) is 6.78. The van der Waals surface area contributed by atoms with E-state index < -0.39 is 10.0 Å². The van der Waals surface area contributed by atoms with Crippen LogP contribution in [0.2, 0.25) is 5.02 Å². The molecule has 0 aliphatic carbocycles. The van der Waals surface area contributed by atoms with Crippen LogP contribution in [0.3, 0.4) is 0 Å². The van der Waals surface area contributed by atoms with Gasteiger partial charge in [0.15, 0.2) is 5.03 Å². The lowest BCUT2D eigenvalue weighted by molar-refractivity contribution is -0.138. The van der Waals surface area contributed by atoms with E-state index in [4.69, 9.17) is 11.6 Å². The number of rotatable bonds is 6. The summed E-state index contributed by atoms with van der Waals surface area (Å²) < 4.78 is 27.2. The van der Waals surface area contributed by atoms with E-state index in [2.05, 4.69) is 39.1 Å². The Morgan fingerprint density at radius 2 is 1.67 bits per heavy atom. The van der Waals surface area contributed by atoms with Gasteiger partial charge in [0.05, 0.1) is 24.5 Å². The molecule has 3 aromatic rings. The SMILES string of the molecule is O=C([C@@H]1CCCN(S(=O)(=O)c2cnc[nH]2)C1)N1CCN([C@H](c2ccccc2)c2ccc(Cl)cc2)CC1. The molecule has 2 aliphatic heterocycles. The van der Waals surface area contributed by atoms with Gasteiger partial charge < -0.3 is 9.88 Å². The quantitative estimate of drug-likeness (QED) is 0.530. The molecule has 2 aliphatic rings. The highest BCUT2D eigenvalue weighted by Gasteiger charge is 2.37. The lowest BCUT2D eigenvalue weighted by atomic mass is 9.95. The number of aromatic amines is 1. The van der Waals surface area contributed by atoms with Crippen molar-refractivity contribution in [1.29, 1.82) is 0 Å². The number of nitrogens with one attached hydrogen (secondary N) is 1. The van der Waals surface area contributed by atoms with Crippen LogP contribution in [0.25, 0.3) is 0 Å². The molecule has 5 rings (SSSR count). The van der Waals surface area contributed by atoms with Gasteiger partial charge in [-0.15, -0.1) is 0 Å². The van der Waals surface area contributed by atoms with E-state index in [9.17, 15) is 13.2 Å². The highest BCUT2D eigenvalue weighted by atomic mass is 35.5. The molecule has 0 spiro atoms. The van der Waals surface area contributed by atoms with Crippen LogP contribution in [0.5, 0.6) is 0 Å². The summed E-state index contributed by atoms with van der Waals surface area (Å²) >= 11 is 6.14. The largest absolute Gasteiger partial charge is 0.340 e. The van der Waals surface area contributed by atoms with Crippen molar-refractivity contribution in [2.75, 3.05) is 39.3 Å². The highest BCUT2D eigenvalue weighted by Crippen LogP contribution is 2.31. The number of carbonyl (C=O) groups is 1. The molecular formula is C26H30ClN5O3S. The topological polar surface area (TPSA) is 89.6 Å². The Labute approximate surface area is 216 Å². The second-order valence-corrected chi connectivity index (χ2v) is 11.7. The third-order valence-corrected chi connectivity index (χ3v) is 9.16. The molecule has 1 aromatic heterocycles. The number of sulfonamides is 1. The van der Waals surface area contributed by atoms with Crippen LogP contribution >= 0.6 is 11.6 Å². The Hall–Kier alpha value is -2.72. The number of H-pyrrole nitrogens is 1. The minimum atomic E-state index is -3.67. The van der Waals surface area contributed by atoms with Gasteiger partial charge in [-0.25, -0.2) is 13.4 Å². The number of aromatic nitrogens is 2. The third kappa shape index (κ3) is 5.20. The maximum Gasteiger partial charge on any atom is 0.260 e. The zero-order valence-electron chi connectivity index (χ0n) is 20.0. The average molecular weight is 528 g/mol. The maximum atomic E-state index is 13.4. The van der Waals surface area contributed by atoms with Crippen LogP contribution in [0.15, 0.2) is 72.1 Å². The number of piperazine rings is 1. The summed E-state index contributed by atoms with van der Waals surface area (Å²) in [4.78, 5) is 24.2. The number of amides is 1. The first kappa shape index (κ1) is 25.0. The molecule has 190 valence electrons. The minimum absolute atomic E-state index is 0.0434. The van der Waals surface area contributed by atoms with Gasteiger partial charge in [-0.1, -0.05) is 54.1 Å². The van der Waals surface area contributed by atoms with E-state index in [0.29, 0.717) is 37.5 Å². The molecule has 3 heterocycles. The molecule has 10 heteroatoms. The van der Waals surface area contributed by atoms with Crippen molar-refractivity contribution in [3.63, 3.8) is 0 Å². The lowest BCUT2D eigenvalue weighted by Crippen LogP contribution is -2.53. The number of carbonyl (C=O) groups excluding carboxylic acids is 1. The van der Waals surface area contributed by atoms with Crippen molar-refractivity contribution in [1.82, 2.24) is 24.1 Å². The lowest BCUT2D eigenvalue weighted by Gasteiger charge is -2.41. The molecule has 0 radical (unpaired) electrons. The zero-order chi connectivity index (χ0) is 25.1. The van der Waals surface area contributed by atoms with Gasteiger partial charge in [0.2, 0.25) is 5.91 Å². The maximum absolute atomic E-state index is 13.4. The van der Waals surface area contributed by atoms with Crippen LogP contribution in [0, 0.1) is 5.92 Å². The first-order valence-electron chi connectivity index (χ1n) is 12.3. The van der Waals surface area contributed by atoms with Crippen LogP contribution in [-0.4, -0.2) is 77.7 Å². The summed E-state index contributed by atoms with van der Waals surface area (Å²) in [7, 11) is -3.67. The van der Waals surface area contributed by atoms with Crippen molar-refractivity contribution in [3.05, 3.63) is 83.3 Å². The Balaban J connectivity index is 1.26. The molecule has 36 heavy (non-hydrogen) atoms. The molecular weight excluding hydrogens is 498 g/mol. The van der Waals surface area contributed by atoms with E-state index in [1.54, 1.807) is 0 Å². The van der Waals surface area contributed by atoms with Gasteiger partial charge in [-0.2, -0.15) is 4.31 Å². The minimum Gasteiger partial charge on any atom is -0.340 e. The van der Waals surface area contributed by atoms with Crippen LogP contribution in [-0.2, 0) is 14.8 Å². The molecule has 8 nitrogen and oxygen atoms in total. The number of halogens is 1. The van der Waals surface area contributed by atoms with Gasteiger partial charge in [-0.3, -0.25) is 9.69 Å². The Morgan fingerprint density at radius 3 is 2.33 bits per heavy atom. The fourth-order valence-electron chi connectivity index (χ4n) is 5.24. The summed E-state index contributed by atoms with van der Waals surface area (Å²) in [6.07, 6.45) is 4.03. The molecule has 0 bridgehead atoms. The standard InChI is InChI=1S/C26H30ClN5O3S/c27-23-10-8-21(9-11-23)25(20-5-2-1-3-6-20)30-13-15-31(16-14-30)26(33)22-7-4-12-32(18-22)36(34,35)24-17-28-19-29-24/h1-3,5-6,8-11,17,19,22,25H,4,7,12-16,18H2,(H,28,29)/t22-,25-/m1/s1. The van der Waals surface area contributed by atoms with E-state index >= 15 is 0 Å². The first-order chi connectivity index (χ1) is 17.4. The van der Waals surface area contributed by atoms with Crippen LogP contribution < -0.4 is 0 Å². The summed E-state index contributed by atoms with van der Waals surface area (Å²) in [5, 5.41) is 0.774. The zero-order valence-corrected chi connectivity index (χ0v) is 21.5. The molecule has 2 atom stereocenters. The highest BCUT2D eigenvalue weighted by molar-refractivity contribution is 7.89. The van der Waals surface area contributed by atoms with Crippen molar-refractivity contribution < 1.29 is 13.2 Å². The summed E-state index contributed by atoms with van der Waals surface area (Å²) in [6, 6.07) is 18.4. The van der Waals surface area contributed by atoms with Crippen LogP contribution in [0.4, 0.5) is 0 Å². The van der Waals surface area contributed by atoms with Gasteiger partial charge in [0.25, 0.3) is 10.0 Å². The molecule has 2 fully saturated rings. The third-order valence-electron chi connectivity index (χ3n) is 7.12. The predicted molar refractivity (Wildman–Crippen MR) is 138 cm³/mol. The molecule has 0 saturated carbocycles. The predicted octanol–water partition coefficient (Wildman–Crippen LogP) is 3.40. The van der Waals surface area contributed by atoms with Gasteiger partial charge in [0, 0.05) is 44.3 Å². The Kier molecular flexibility index (Phi) is 7.43. The van der Waals surface area contributed by atoms with E-state index in [1.807, 2.05) is 35.2 Å². The van der Waals surface area contributed by atoms with Crippen molar-refractivity contribution in [2.24, 2.45) is 5.92 Å². The Morgan fingerprint density at radius 1 is 0.972 bits per heavy atom. The smallest absolute Gasteiger partial charge is 0.260 e. The molecule has 1 amide bonds. The second kappa shape index (κ2) is 10.7. The van der Waals surface area contributed by atoms with E-state index in [1.165, 1.54) is 22.4 Å². The van der Waals surface area contributed by atoms with E-state index in [-0.39, 0.29) is 29.4 Å². The molecule has 0 unspecified atom stereocenters. The van der Waals surface area contributed by atoms with Gasteiger partial charge in [0.1, 0.15) is 0 Å². The van der Waals surface area contributed by atoms with Crippen molar-refractivity contribution >= 4 is 27.5 Å². The number of hydrogen-bond acceptors (Lipinski definition) is 5. The van der Waals surface area contributed by atoms with Crippen LogP contribution in [0.1, 0.15) is 30.0 Å². The fraction of sp³-hybridized carbons (Fsp3) is 0.385. The van der Waals surface area contributed by atoms with Crippen molar-refractivity contribution in [3.8, 4) is 0 Å². The Bertz CT molecular complexity index is 1260. The van der Waals surface area contributed by atoms with Gasteiger partial charge in [-0.05, 0) is 36.1 Å². The van der Waals surface area contributed by atoms with Gasteiger partial charge >= 0.3 is 0 Å². The average Bonchev–Trinajstić information content (AvgIpc) is 3.47.